The van der Waals surface area contributed by atoms with Crippen LogP contribution in [0.5, 0.6) is 0 Å². The molecule has 5 heteroatoms. The molecule has 0 fully saturated rings. The third-order valence-corrected chi connectivity index (χ3v) is 3.34. The first-order chi connectivity index (χ1) is 9.61. The fourth-order valence-electron chi connectivity index (χ4n) is 1.79. The zero-order chi connectivity index (χ0) is 14.5. The summed E-state index contributed by atoms with van der Waals surface area (Å²) in [6, 6.07) is 12.6. The second-order valence-electron chi connectivity index (χ2n) is 4.13. The van der Waals surface area contributed by atoms with Crippen molar-refractivity contribution in [2.45, 2.75) is 6.04 Å². The van der Waals surface area contributed by atoms with Crippen molar-refractivity contribution in [3.8, 4) is 0 Å². The van der Waals surface area contributed by atoms with Crippen molar-refractivity contribution in [1.82, 2.24) is 0 Å². The zero-order valence-corrected chi connectivity index (χ0v) is 12.4. The van der Waals surface area contributed by atoms with E-state index in [9.17, 15) is 9.18 Å². The fourth-order valence-corrected chi connectivity index (χ4v) is 2.05. The number of benzene rings is 2. The number of ether oxygens (including phenoxy) is 1. The van der Waals surface area contributed by atoms with Gasteiger partial charge < -0.3 is 10.1 Å². The highest BCUT2D eigenvalue weighted by Crippen LogP contribution is 2.24. The summed E-state index contributed by atoms with van der Waals surface area (Å²) >= 11 is 3.33. The molecule has 2 aromatic rings. The molecule has 2 aromatic carbocycles. The summed E-state index contributed by atoms with van der Waals surface area (Å²) in [6.07, 6.45) is 0. The number of hydrogen-bond acceptors (Lipinski definition) is 3. The van der Waals surface area contributed by atoms with E-state index in [-0.39, 0.29) is 5.69 Å². The van der Waals surface area contributed by atoms with Crippen LogP contribution in [0.2, 0.25) is 0 Å². The number of anilines is 1. The standard InChI is InChI=1S/C15H13BrFNO2/c1-20-15(19)14(10-6-8-11(16)9-7-10)18-13-5-3-2-4-12(13)17/h2-9,14,18H,1H3. The maximum atomic E-state index is 13.7. The molecule has 0 aliphatic carbocycles. The number of carbonyl (C=O) groups excluding carboxylic acids is 1. The number of carbonyl (C=O) groups is 1. The Morgan fingerprint density at radius 1 is 1.20 bits per heavy atom. The van der Waals surface area contributed by atoms with Crippen LogP contribution in [0.15, 0.2) is 53.0 Å². The van der Waals surface area contributed by atoms with Crippen molar-refractivity contribution >= 4 is 27.6 Å². The molecule has 0 saturated carbocycles. The van der Waals surface area contributed by atoms with Gasteiger partial charge in [0.15, 0.2) is 6.04 Å². The number of para-hydroxylation sites is 1. The second kappa shape index (κ2) is 6.52. The lowest BCUT2D eigenvalue weighted by Crippen LogP contribution is -2.22. The Bertz CT molecular complexity index is 601. The number of nitrogens with one attached hydrogen (secondary N) is 1. The predicted molar refractivity (Wildman–Crippen MR) is 78.9 cm³/mol. The van der Waals surface area contributed by atoms with E-state index < -0.39 is 17.8 Å². The van der Waals surface area contributed by atoms with Crippen LogP contribution in [-0.2, 0) is 9.53 Å². The van der Waals surface area contributed by atoms with Gasteiger partial charge >= 0.3 is 5.97 Å². The van der Waals surface area contributed by atoms with Crippen LogP contribution in [0, 0.1) is 5.82 Å². The summed E-state index contributed by atoms with van der Waals surface area (Å²) in [7, 11) is 1.30. The van der Waals surface area contributed by atoms with Gasteiger partial charge in [-0.1, -0.05) is 40.2 Å². The van der Waals surface area contributed by atoms with Crippen LogP contribution in [0.4, 0.5) is 10.1 Å². The van der Waals surface area contributed by atoms with Crippen LogP contribution >= 0.6 is 15.9 Å². The van der Waals surface area contributed by atoms with Crippen LogP contribution < -0.4 is 5.32 Å². The van der Waals surface area contributed by atoms with Gasteiger partial charge in [-0.2, -0.15) is 0 Å². The van der Waals surface area contributed by atoms with Gasteiger partial charge in [0.1, 0.15) is 5.82 Å². The van der Waals surface area contributed by atoms with E-state index in [1.807, 2.05) is 12.1 Å². The minimum atomic E-state index is -0.759. The normalized spacial score (nSPS) is 11.8. The van der Waals surface area contributed by atoms with Gasteiger partial charge in [0.2, 0.25) is 0 Å². The number of methoxy groups -OCH3 is 1. The molecule has 0 radical (unpaired) electrons. The molecular weight excluding hydrogens is 325 g/mol. The van der Waals surface area contributed by atoms with Gasteiger partial charge in [0.05, 0.1) is 12.8 Å². The highest BCUT2D eigenvalue weighted by Gasteiger charge is 2.22. The summed E-state index contributed by atoms with van der Waals surface area (Å²) in [6.45, 7) is 0. The summed E-state index contributed by atoms with van der Waals surface area (Å²) in [4.78, 5) is 11.9. The first kappa shape index (κ1) is 14.5. The summed E-state index contributed by atoms with van der Waals surface area (Å²) < 4.78 is 19.3. The summed E-state index contributed by atoms with van der Waals surface area (Å²) in [5.41, 5.74) is 0.953. The van der Waals surface area contributed by atoms with Gasteiger partial charge in [-0.15, -0.1) is 0 Å². The SMILES string of the molecule is COC(=O)C(Nc1ccccc1F)c1ccc(Br)cc1. The lowest BCUT2D eigenvalue weighted by Gasteiger charge is -2.18. The number of halogens is 2. The Morgan fingerprint density at radius 2 is 1.85 bits per heavy atom. The van der Waals surface area contributed by atoms with Crippen LogP contribution in [-0.4, -0.2) is 13.1 Å². The van der Waals surface area contributed by atoms with Crippen LogP contribution in [0.3, 0.4) is 0 Å². The molecule has 0 amide bonds. The van der Waals surface area contributed by atoms with Gasteiger partial charge in [0.25, 0.3) is 0 Å². The summed E-state index contributed by atoms with van der Waals surface area (Å²) in [5.74, 6) is -0.894. The van der Waals surface area contributed by atoms with E-state index in [0.717, 1.165) is 4.47 Å². The highest BCUT2D eigenvalue weighted by atomic mass is 79.9. The molecular formula is C15H13BrFNO2. The largest absolute Gasteiger partial charge is 0.467 e. The molecule has 1 unspecified atom stereocenters. The van der Waals surface area contributed by atoms with Crippen molar-refractivity contribution in [3.63, 3.8) is 0 Å². The van der Waals surface area contributed by atoms with E-state index >= 15 is 0 Å². The smallest absolute Gasteiger partial charge is 0.332 e. The Kier molecular flexibility index (Phi) is 4.74. The maximum Gasteiger partial charge on any atom is 0.332 e. The van der Waals surface area contributed by atoms with Gasteiger partial charge in [0, 0.05) is 4.47 Å². The molecule has 0 aromatic heterocycles. The Labute approximate surface area is 124 Å². The predicted octanol–water partition coefficient (Wildman–Crippen LogP) is 3.91. The highest BCUT2D eigenvalue weighted by molar-refractivity contribution is 9.10. The zero-order valence-electron chi connectivity index (χ0n) is 10.8. The molecule has 0 aliphatic rings. The third-order valence-electron chi connectivity index (χ3n) is 2.81. The molecule has 0 bridgehead atoms. The molecule has 3 nitrogen and oxygen atoms in total. The lowest BCUT2D eigenvalue weighted by atomic mass is 10.1. The third kappa shape index (κ3) is 3.36. The Morgan fingerprint density at radius 3 is 2.45 bits per heavy atom. The second-order valence-corrected chi connectivity index (χ2v) is 5.05. The van der Waals surface area contributed by atoms with Gasteiger partial charge in [-0.3, -0.25) is 0 Å². The first-order valence-corrected chi connectivity index (χ1v) is 6.75. The molecule has 0 saturated heterocycles. The van der Waals surface area contributed by atoms with Crippen LogP contribution in [0.25, 0.3) is 0 Å². The van der Waals surface area contributed by atoms with Gasteiger partial charge in [-0.05, 0) is 29.8 Å². The minimum absolute atomic E-state index is 0.255. The maximum absolute atomic E-state index is 13.7. The first-order valence-electron chi connectivity index (χ1n) is 5.96. The van der Waals surface area contributed by atoms with E-state index in [1.54, 1.807) is 30.3 Å². The van der Waals surface area contributed by atoms with E-state index in [4.69, 9.17) is 4.74 Å². The number of rotatable bonds is 4. The number of esters is 1. The molecule has 2 rings (SSSR count). The van der Waals surface area contributed by atoms with Crippen molar-refractivity contribution < 1.29 is 13.9 Å². The van der Waals surface area contributed by atoms with Crippen molar-refractivity contribution in [3.05, 3.63) is 64.4 Å². The average Bonchev–Trinajstić information content (AvgIpc) is 2.47. The number of hydrogen-bond donors (Lipinski definition) is 1. The van der Waals surface area contributed by atoms with Gasteiger partial charge in [-0.25, -0.2) is 9.18 Å². The van der Waals surface area contributed by atoms with E-state index in [1.165, 1.54) is 13.2 Å². The van der Waals surface area contributed by atoms with E-state index in [2.05, 4.69) is 21.2 Å². The Balaban J connectivity index is 2.31. The topological polar surface area (TPSA) is 38.3 Å². The molecule has 20 heavy (non-hydrogen) atoms. The summed E-state index contributed by atoms with van der Waals surface area (Å²) in [5, 5.41) is 2.87. The van der Waals surface area contributed by atoms with Crippen molar-refractivity contribution in [2.75, 3.05) is 12.4 Å². The fraction of sp³-hybridized carbons (Fsp3) is 0.133. The molecule has 104 valence electrons. The molecule has 0 spiro atoms. The van der Waals surface area contributed by atoms with Crippen molar-refractivity contribution in [2.24, 2.45) is 0 Å². The molecule has 0 heterocycles. The average molecular weight is 338 g/mol. The van der Waals surface area contributed by atoms with E-state index in [0.29, 0.717) is 5.56 Å². The lowest BCUT2D eigenvalue weighted by molar-refractivity contribution is -0.141. The quantitative estimate of drug-likeness (QED) is 0.859. The molecule has 1 atom stereocenters. The molecule has 1 N–H and O–H groups in total. The van der Waals surface area contributed by atoms with Crippen molar-refractivity contribution in [1.29, 1.82) is 0 Å². The molecule has 0 aliphatic heterocycles. The minimum Gasteiger partial charge on any atom is -0.467 e. The van der Waals surface area contributed by atoms with Crippen LogP contribution in [0.1, 0.15) is 11.6 Å². The monoisotopic (exact) mass is 337 g/mol. The Hall–Kier alpha value is -1.88.